The molecule has 2 aromatic heterocycles. The van der Waals surface area contributed by atoms with Gasteiger partial charge in [0.05, 0.1) is 0 Å². The van der Waals surface area contributed by atoms with Crippen molar-refractivity contribution < 1.29 is 9.26 Å². The minimum Gasteiger partial charge on any atom is -0.481 e. The van der Waals surface area contributed by atoms with Crippen molar-refractivity contribution in [3.8, 4) is 17.1 Å². The molecule has 21 heavy (non-hydrogen) atoms. The molecule has 0 unspecified atom stereocenters. The fourth-order valence-electron chi connectivity index (χ4n) is 1.79. The van der Waals surface area contributed by atoms with Gasteiger partial charge in [-0.15, -0.1) is 0 Å². The van der Waals surface area contributed by atoms with Crippen molar-refractivity contribution in [1.82, 2.24) is 15.1 Å². The van der Waals surface area contributed by atoms with Gasteiger partial charge in [0.15, 0.2) is 6.10 Å². The number of rotatable bonds is 4. The lowest BCUT2D eigenvalue weighted by Crippen LogP contribution is -2.03. The van der Waals surface area contributed by atoms with Crippen molar-refractivity contribution in [2.24, 2.45) is 0 Å². The summed E-state index contributed by atoms with van der Waals surface area (Å²) in [5.41, 5.74) is 0.857. The number of benzene rings is 1. The van der Waals surface area contributed by atoms with E-state index in [9.17, 15) is 0 Å². The summed E-state index contributed by atoms with van der Waals surface area (Å²) < 4.78 is 12.0. The van der Waals surface area contributed by atoms with E-state index in [0.717, 1.165) is 15.8 Å². The summed E-state index contributed by atoms with van der Waals surface area (Å²) in [5.74, 6) is 1.71. The number of pyridine rings is 1. The van der Waals surface area contributed by atoms with E-state index in [1.165, 1.54) is 0 Å². The van der Waals surface area contributed by atoms with Crippen LogP contribution in [0.15, 0.2) is 57.8 Å². The molecule has 106 valence electrons. The van der Waals surface area contributed by atoms with E-state index in [1.807, 2.05) is 43.3 Å². The molecule has 0 fully saturated rings. The summed E-state index contributed by atoms with van der Waals surface area (Å²) in [4.78, 5) is 8.32. The summed E-state index contributed by atoms with van der Waals surface area (Å²) in [7, 11) is 0. The maximum atomic E-state index is 5.78. The Balaban J connectivity index is 1.75. The zero-order valence-electron chi connectivity index (χ0n) is 11.2. The van der Waals surface area contributed by atoms with Gasteiger partial charge in [0.1, 0.15) is 5.75 Å². The molecule has 0 saturated carbocycles. The number of nitrogens with zero attached hydrogens (tertiary/aromatic N) is 3. The van der Waals surface area contributed by atoms with Crippen molar-refractivity contribution in [1.29, 1.82) is 0 Å². The maximum Gasteiger partial charge on any atom is 0.267 e. The Morgan fingerprint density at radius 3 is 2.52 bits per heavy atom. The fourth-order valence-corrected chi connectivity index (χ4v) is 2.05. The van der Waals surface area contributed by atoms with Crippen LogP contribution in [0, 0.1) is 0 Å². The van der Waals surface area contributed by atoms with E-state index in [0.29, 0.717) is 11.7 Å². The molecule has 2 heterocycles. The number of hydrogen-bond acceptors (Lipinski definition) is 5. The van der Waals surface area contributed by atoms with E-state index < -0.39 is 0 Å². The Morgan fingerprint density at radius 1 is 1.10 bits per heavy atom. The zero-order chi connectivity index (χ0) is 14.7. The molecule has 6 heteroatoms. The third-order valence-electron chi connectivity index (χ3n) is 2.85. The van der Waals surface area contributed by atoms with Crippen LogP contribution in [0.2, 0.25) is 0 Å². The van der Waals surface area contributed by atoms with Gasteiger partial charge in [-0.2, -0.15) is 4.98 Å². The molecule has 0 aliphatic heterocycles. The van der Waals surface area contributed by atoms with E-state index in [2.05, 4.69) is 31.1 Å². The second kappa shape index (κ2) is 6.05. The summed E-state index contributed by atoms with van der Waals surface area (Å²) in [5, 5.41) is 3.96. The predicted octanol–water partition coefficient (Wildman–Crippen LogP) is 4.03. The average Bonchev–Trinajstić information content (AvgIpc) is 3.00. The van der Waals surface area contributed by atoms with E-state index in [1.54, 1.807) is 12.4 Å². The van der Waals surface area contributed by atoms with Gasteiger partial charge in [0.25, 0.3) is 5.89 Å². The van der Waals surface area contributed by atoms with Gasteiger partial charge in [-0.05, 0) is 43.3 Å². The lowest BCUT2D eigenvalue weighted by molar-refractivity contribution is 0.176. The van der Waals surface area contributed by atoms with Gasteiger partial charge in [-0.25, -0.2) is 0 Å². The lowest BCUT2D eigenvalue weighted by Gasteiger charge is -2.10. The minimum absolute atomic E-state index is 0.325. The summed E-state index contributed by atoms with van der Waals surface area (Å²) in [6, 6.07) is 11.2. The Kier molecular flexibility index (Phi) is 3.96. The van der Waals surface area contributed by atoms with Crippen LogP contribution in [-0.2, 0) is 0 Å². The van der Waals surface area contributed by atoms with Crippen LogP contribution in [0.5, 0.6) is 5.75 Å². The first-order valence-corrected chi connectivity index (χ1v) is 7.18. The molecule has 0 aliphatic rings. The normalized spacial score (nSPS) is 12.1. The molecule has 1 atom stereocenters. The van der Waals surface area contributed by atoms with Crippen LogP contribution in [0.1, 0.15) is 18.9 Å². The highest BCUT2D eigenvalue weighted by Gasteiger charge is 2.16. The highest BCUT2D eigenvalue weighted by Crippen LogP contribution is 2.24. The smallest absolute Gasteiger partial charge is 0.267 e. The van der Waals surface area contributed by atoms with Crippen LogP contribution in [0.3, 0.4) is 0 Å². The van der Waals surface area contributed by atoms with Crippen molar-refractivity contribution in [3.05, 3.63) is 59.2 Å². The van der Waals surface area contributed by atoms with Gasteiger partial charge in [0, 0.05) is 22.4 Å². The first-order chi connectivity index (χ1) is 10.2. The third kappa shape index (κ3) is 3.28. The Morgan fingerprint density at radius 2 is 1.81 bits per heavy atom. The number of aromatic nitrogens is 3. The molecule has 3 rings (SSSR count). The van der Waals surface area contributed by atoms with Crippen LogP contribution >= 0.6 is 15.9 Å². The van der Waals surface area contributed by atoms with Crippen molar-refractivity contribution in [2.75, 3.05) is 0 Å². The molecule has 3 aromatic rings. The summed E-state index contributed by atoms with van der Waals surface area (Å²) in [6.45, 7) is 1.87. The van der Waals surface area contributed by atoms with Crippen molar-refractivity contribution in [3.63, 3.8) is 0 Å². The number of hydrogen-bond donors (Lipinski definition) is 0. The highest BCUT2D eigenvalue weighted by atomic mass is 79.9. The monoisotopic (exact) mass is 345 g/mol. The predicted molar refractivity (Wildman–Crippen MR) is 80.7 cm³/mol. The third-order valence-corrected chi connectivity index (χ3v) is 3.38. The van der Waals surface area contributed by atoms with Crippen LogP contribution in [0.4, 0.5) is 0 Å². The van der Waals surface area contributed by atoms with Gasteiger partial charge < -0.3 is 9.26 Å². The van der Waals surface area contributed by atoms with Crippen LogP contribution in [-0.4, -0.2) is 15.1 Å². The fraction of sp³-hybridized carbons (Fsp3) is 0.133. The quantitative estimate of drug-likeness (QED) is 0.714. The lowest BCUT2D eigenvalue weighted by atomic mass is 10.2. The molecule has 0 amide bonds. The van der Waals surface area contributed by atoms with E-state index >= 15 is 0 Å². The Labute approximate surface area is 130 Å². The molecule has 0 saturated heterocycles. The first-order valence-electron chi connectivity index (χ1n) is 6.38. The molecule has 0 bridgehead atoms. The topological polar surface area (TPSA) is 61.0 Å². The van der Waals surface area contributed by atoms with Gasteiger partial charge >= 0.3 is 0 Å². The van der Waals surface area contributed by atoms with Gasteiger partial charge in [-0.3, -0.25) is 4.98 Å². The van der Waals surface area contributed by atoms with Gasteiger partial charge in [0.2, 0.25) is 5.82 Å². The molecule has 5 nitrogen and oxygen atoms in total. The second-order valence-corrected chi connectivity index (χ2v) is 5.32. The molecule has 1 aromatic carbocycles. The zero-order valence-corrected chi connectivity index (χ0v) is 12.8. The van der Waals surface area contributed by atoms with Crippen molar-refractivity contribution >= 4 is 15.9 Å². The van der Waals surface area contributed by atoms with Crippen LogP contribution in [0.25, 0.3) is 11.4 Å². The van der Waals surface area contributed by atoms with Crippen molar-refractivity contribution in [2.45, 2.75) is 13.0 Å². The average molecular weight is 346 g/mol. The van der Waals surface area contributed by atoms with E-state index in [4.69, 9.17) is 9.26 Å². The number of ether oxygens (including phenoxy) is 1. The highest BCUT2D eigenvalue weighted by molar-refractivity contribution is 9.10. The van der Waals surface area contributed by atoms with Crippen LogP contribution < -0.4 is 4.74 Å². The molecule has 0 spiro atoms. The van der Waals surface area contributed by atoms with E-state index in [-0.39, 0.29) is 6.10 Å². The van der Waals surface area contributed by atoms with Gasteiger partial charge in [-0.1, -0.05) is 21.1 Å². The summed E-state index contributed by atoms with van der Waals surface area (Å²) in [6.07, 6.45) is 3.05. The molecular formula is C15H12BrN3O2. The second-order valence-electron chi connectivity index (χ2n) is 4.41. The molecule has 0 aliphatic carbocycles. The Bertz CT molecular complexity index is 713. The number of halogens is 1. The SMILES string of the molecule is C[C@@H](Oc1ccc(Br)cc1)c1nc(-c2ccncc2)no1. The standard InChI is InChI=1S/C15H12BrN3O2/c1-10(20-13-4-2-12(16)3-5-13)15-18-14(19-21-15)11-6-8-17-9-7-11/h2-10H,1H3/t10-/m1/s1. The molecular weight excluding hydrogens is 334 g/mol. The minimum atomic E-state index is -0.325. The molecule has 0 N–H and O–H groups in total. The largest absolute Gasteiger partial charge is 0.481 e. The maximum absolute atomic E-state index is 5.78. The first kappa shape index (κ1) is 13.8. The molecule has 0 radical (unpaired) electrons. The summed E-state index contributed by atoms with van der Waals surface area (Å²) >= 11 is 3.38. The Hall–Kier alpha value is -2.21.